The van der Waals surface area contributed by atoms with Crippen LogP contribution in [0.4, 0.5) is 0 Å². The fourth-order valence-corrected chi connectivity index (χ4v) is 5.60. The molecule has 0 aromatic carbocycles. The van der Waals surface area contributed by atoms with Crippen LogP contribution in [0.5, 0.6) is 0 Å². The molecular formula is C30H60N8. The second-order valence-electron chi connectivity index (χ2n) is 11.3. The topological polar surface area (TPSA) is 78.7 Å². The molecule has 0 aromatic heterocycles. The van der Waals surface area contributed by atoms with Crippen LogP contribution in [-0.2, 0) is 0 Å². The molecule has 3 rings (SSSR count). The number of rotatable bonds is 4. The zero-order valence-corrected chi connectivity index (χ0v) is 24.4. The standard InChI is InChI=1S/C30H60N8/c1-2-12-35-21-25-37(23-5-15-33-19-17-31-11-1)27-29-7-3-8-30(10-9-29)28-38-24-6-16-34-20-18-32-13-4-14-36-22-26-38/h7,9-10,30-36H,1-6,8,11-28H2. The predicted molar refractivity (Wildman–Crippen MR) is 163 cm³/mol. The van der Waals surface area contributed by atoms with Gasteiger partial charge in [0.1, 0.15) is 0 Å². The number of nitrogens with zero attached hydrogens (tertiary/aromatic N) is 2. The van der Waals surface area contributed by atoms with Crippen molar-refractivity contribution in [2.24, 2.45) is 5.92 Å². The molecule has 0 spiro atoms. The van der Waals surface area contributed by atoms with Gasteiger partial charge in [0.05, 0.1) is 0 Å². The van der Waals surface area contributed by atoms with Crippen molar-refractivity contribution in [3.05, 3.63) is 23.8 Å². The molecule has 8 heteroatoms. The summed E-state index contributed by atoms with van der Waals surface area (Å²) in [6, 6.07) is 0. The lowest BCUT2D eigenvalue weighted by Crippen LogP contribution is -2.38. The van der Waals surface area contributed by atoms with E-state index in [2.05, 4.69) is 59.9 Å². The Labute approximate surface area is 234 Å². The maximum Gasteiger partial charge on any atom is 0.0231 e. The van der Waals surface area contributed by atoms with Gasteiger partial charge in [-0.1, -0.05) is 18.2 Å². The first-order valence-corrected chi connectivity index (χ1v) is 16.0. The van der Waals surface area contributed by atoms with Crippen LogP contribution < -0.4 is 31.9 Å². The van der Waals surface area contributed by atoms with Crippen molar-refractivity contribution in [3.63, 3.8) is 0 Å². The molecule has 0 radical (unpaired) electrons. The largest absolute Gasteiger partial charge is 0.315 e. The predicted octanol–water partition coefficient (Wildman–Crippen LogP) is 0.998. The highest BCUT2D eigenvalue weighted by atomic mass is 15.1. The lowest BCUT2D eigenvalue weighted by atomic mass is 10.0. The molecule has 2 aliphatic heterocycles. The van der Waals surface area contributed by atoms with Crippen LogP contribution in [0.3, 0.4) is 0 Å². The highest BCUT2D eigenvalue weighted by molar-refractivity contribution is 5.23. The van der Waals surface area contributed by atoms with E-state index >= 15 is 0 Å². The van der Waals surface area contributed by atoms with E-state index in [1.807, 2.05) is 0 Å². The quantitative estimate of drug-likeness (QED) is 0.320. The summed E-state index contributed by atoms with van der Waals surface area (Å²) in [5.41, 5.74) is 1.52. The molecule has 3 aliphatic rings. The fourth-order valence-electron chi connectivity index (χ4n) is 5.60. The Hall–Kier alpha value is -0.840. The molecule has 38 heavy (non-hydrogen) atoms. The van der Waals surface area contributed by atoms with Crippen molar-refractivity contribution in [2.75, 3.05) is 118 Å². The van der Waals surface area contributed by atoms with Crippen molar-refractivity contribution in [3.8, 4) is 0 Å². The summed E-state index contributed by atoms with van der Waals surface area (Å²) in [4.78, 5) is 5.37. The van der Waals surface area contributed by atoms with Gasteiger partial charge in [-0.15, -0.1) is 0 Å². The fraction of sp³-hybridized carbons (Fsp3) is 0.867. The van der Waals surface area contributed by atoms with Crippen molar-refractivity contribution in [2.45, 2.75) is 44.9 Å². The van der Waals surface area contributed by atoms with E-state index < -0.39 is 0 Å². The number of allylic oxidation sites excluding steroid dienone is 1. The van der Waals surface area contributed by atoms with E-state index in [4.69, 9.17) is 0 Å². The van der Waals surface area contributed by atoms with Gasteiger partial charge in [-0.25, -0.2) is 0 Å². The maximum atomic E-state index is 3.68. The Morgan fingerprint density at radius 2 is 1.08 bits per heavy atom. The number of hydrogen-bond donors (Lipinski definition) is 6. The van der Waals surface area contributed by atoms with Crippen LogP contribution >= 0.6 is 0 Å². The summed E-state index contributed by atoms with van der Waals surface area (Å²) < 4.78 is 0. The lowest BCUT2D eigenvalue weighted by molar-refractivity contribution is 0.239. The van der Waals surface area contributed by atoms with Crippen LogP contribution in [0.15, 0.2) is 23.8 Å². The van der Waals surface area contributed by atoms with Gasteiger partial charge >= 0.3 is 0 Å². The molecule has 2 heterocycles. The van der Waals surface area contributed by atoms with E-state index in [0.29, 0.717) is 5.92 Å². The van der Waals surface area contributed by atoms with Crippen LogP contribution in [0, 0.1) is 5.92 Å². The Morgan fingerprint density at radius 1 is 0.553 bits per heavy atom. The van der Waals surface area contributed by atoms with Gasteiger partial charge in [0.2, 0.25) is 0 Å². The van der Waals surface area contributed by atoms with Gasteiger partial charge < -0.3 is 36.8 Å². The van der Waals surface area contributed by atoms with E-state index in [9.17, 15) is 0 Å². The van der Waals surface area contributed by atoms with Crippen LogP contribution in [0.25, 0.3) is 0 Å². The minimum atomic E-state index is 0.655. The molecule has 8 nitrogen and oxygen atoms in total. The highest BCUT2D eigenvalue weighted by Crippen LogP contribution is 2.19. The SMILES string of the molecule is C1=CC(CN2CCCNCCNCCCNCC2)CCC=C1CN1CCCNCCNCCCCNCC1. The molecule has 1 unspecified atom stereocenters. The molecule has 6 N–H and O–H groups in total. The Morgan fingerprint density at radius 3 is 1.74 bits per heavy atom. The van der Waals surface area contributed by atoms with E-state index in [1.54, 1.807) is 0 Å². The van der Waals surface area contributed by atoms with Crippen LogP contribution in [0.2, 0.25) is 0 Å². The van der Waals surface area contributed by atoms with Gasteiger partial charge in [-0.3, -0.25) is 4.90 Å². The molecule has 220 valence electrons. The van der Waals surface area contributed by atoms with Gasteiger partial charge in [0, 0.05) is 65.4 Å². The first kappa shape index (κ1) is 31.7. The normalized spacial score (nSPS) is 26.8. The molecule has 0 aromatic rings. The zero-order valence-electron chi connectivity index (χ0n) is 24.4. The molecule has 0 saturated carbocycles. The summed E-state index contributed by atoms with van der Waals surface area (Å²) in [7, 11) is 0. The van der Waals surface area contributed by atoms with Gasteiger partial charge in [0.25, 0.3) is 0 Å². The molecule has 1 atom stereocenters. The van der Waals surface area contributed by atoms with Gasteiger partial charge in [-0.05, 0) is 109 Å². The van der Waals surface area contributed by atoms with Crippen molar-refractivity contribution >= 4 is 0 Å². The summed E-state index contributed by atoms with van der Waals surface area (Å²) >= 11 is 0. The second-order valence-corrected chi connectivity index (χ2v) is 11.3. The van der Waals surface area contributed by atoms with Crippen LogP contribution in [-0.4, -0.2) is 128 Å². The monoisotopic (exact) mass is 532 g/mol. The Kier molecular flexibility index (Phi) is 18.3. The lowest BCUT2D eigenvalue weighted by Gasteiger charge is -2.26. The molecule has 0 amide bonds. The van der Waals surface area contributed by atoms with E-state index in [0.717, 1.165) is 98.2 Å². The molecular weight excluding hydrogens is 472 g/mol. The Bertz CT molecular complexity index is 595. The van der Waals surface area contributed by atoms with Gasteiger partial charge in [0.15, 0.2) is 0 Å². The van der Waals surface area contributed by atoms with Crippen molar-refractivity contribution in [1.29, 1.82) is 0 Å². The minimum absolute atomic E-state index is 0.655. The van der Waals surface area contributed by atoms with Gasteiger partial charge in [-0.2, -0.15) is 0 Å². The van der Waals surface area contributed by atoms with E-state index in [1.165, 1.54) is 70.2 Å². The first-order chi connectivity index (χ1) is 18.9. The van der Waals surface area contributed by atoms with E-state index in [-0.39, 0.29) is 0 Å². The average Bonchev–Trinajstić information content (AvgIpc) is 3.15. The second kappa shape index (κ2) is 21.9. The van der Waals surface area contributed by atoms with Crippen LogP contribution in [0.1, 0.15) is 44.9 Å². The average molecular weight is 533 g/mol. The molecule has 0 bridgehead atoms. The number of nitrogens with one attached hydrogen (secondary N) is 6. The third-order valence-electron chi connectivity index (χ3n) is 7.91. The first-order valence-electron chi connectivity index (χ1n) is 16.0. The summed E-state index contributed by atoms with van der Waals surface area (Å²) in [6.45, 7) is 20.2. The Balaban J connectivity index is 1.44. The zero-order chi connectivity index (χ0) is 26.4. The third kappa shape index (κ3) is 15.7. The molecule has 2 fully saturated rings. The molecule has 1 aliphatic carbocycles. The summed E-state index contributed by atoms with van der Waals surface area (Å²) in [5.74, 6) is 0.655. The minimum Gasteiger partial charge on any atom is -0.315 e. The smallest absolute Gasteiger partial charge is 0.0231 e. The number of hydrogen-bond acceptors (Lipinski definition) is 8. The maximum absolute atomic E-state index is 3.68. The highest BCUT2D eigenvalue weighted by Gasteiger charge is 2.15. The summed E-state index contributed by atoms with van der Waals surface area (Å²) in [6.07, 6.45) is 16.2. The van der Waals surface area contributed by atoms with Crippen molar-refractivity contribution in [1.82, 2.24) is 41.7 Å². The third-order valence-corrected chi connectivity index (χ3v) is 7.91. The molecule has 2 saturated heterocycles. The van der Waals surface area contributed by atoms with Crippen molar-refractivity contribution < 1.29 is 0 Å². The summed E-state index contributed by atoms with van der Waals surface area (Å²) in [5, 5.41) is 21.6.